The SMILES string of the molecule is CCCc1c(Cn2ccnc2-c2c(F)cccc2F)ncn2ccnc12. The lowest BCUT2D eigenvalue weighted by molar-refractivity contribution is 0.584. The van der Waals surface area contributed by atoms with Crippen LogP contribution in [-0.2, 0) is 13.0 Å². The second kappa shape index (κ2) is 6.67. The highest BCUT2D eigenvalue weighted by atomic mass is 19.1. The summed E-state index contributed by atoms with van der Waals surface area (Å²) in [6, 6.07) is 3.80. The molecule has 0 aliphatic rings. The van der Waals surface area contributed by atoms with Gasteiger partial charge >= 0.3 is 0 Å². The maximum absolute atomic E-state index is 14.2. The van der Waals surface area contributed by atoms with Crippen molar-refractivity contribution in [2.45, 2.75) is 26.3 Å². The Morgan fingerprint density at radius 2 is 1.77 bits per heavy atom. The van der Waals surface area contributed by atoms with Crippen LogP contribution in [0.25, 0.3) is 17.0 Å². The summed E-state index contributed by atoms with van der Waals surface area (Å²) in [5.41, 5.74) is 2.59. The molecule has 0 saturated carbocycles. The molecule has 0 spiro atoms. The van der Waals surface area contributed by atoms with Crippen LogP contribution < -0.4 is 0 Å². The molecule has 3 heterocycles. The highest BCUT2D eigenvalue weighted by molar-refractivity contribution is 5.58. The molecule has 0 fully saturated rings. The molecule has 4 aromatic rings. The Hall–Kier alpha value is -3.09. The van der Waals surface area contributed by atoms with Gasteiger partial charge < -0.3 is 4.57 Å². The van der Waals surface area contributed by atoms with Gasteiger partial charge in [0.1, 0.15) is 29.4 Å². The summed E-state index contributed by atoms with van der Waals surface area (Å²) < 4.78 is 31.9. The van der Waals surface area contributed by atoms with Crippen molar-refractivity contribution in [3.63, 3.8) is 0 Å². The third-order valence-corrected chi connectivity index (χ3v) is 4.35. The highest BCUT2D eigenvalue weighted by Gasteiger charge is 2.18. The quantitative estimate of drug-likeness (QED) is 0.547. The normalized spacial score (nSPS) is 11.3. The molecule has 3 aromatic heterocycles. The summed E-state index contributed by atoms with van der Waals surface area (Å²) in [6.45, 7) is 2.45. The Kier molecular flexibility index (Phi) is 4.20. The van der Waals surface area contributed by atoms with Crippen molar-refractivity contribution in [2.75, 3.05) is 0 Å². The lowest BCUT2D eigenvalue weighted by Gasteiger charge is -2.13. The number of hydrogen-bond acceptors (Lipinski definition) is 3. The van der Waals surface area contributed by atoms with E-state index in [1.807, 2.05) is 10.6 Å². The van der Waals surface area contributed by atoms with Crippen LogP contribution in [0.1, 0.15) is 24.6 Å². The van der Waals surface area contributed by atoms with Crippen molar-refractivity contribution in [2.24, 2.45) is 0 Å². The van der Waals surface area contributed by atoms with Gasteiger partial charge in [-0.2, -0.15) is 0 Å². The van der Waals surface area contributed by atoms with E-state index in [9.17, 15) is 8.78 Å². The topological polar surface area (TPSA) is 48.0 Å². The van der Waals surface area contributed by atoms with E-state index in [1.165, 1.54) is 24.4 Å². The summed E-state index contributed by atoms with van der Waals surface area (Å²) in [7, 11) is 0. The number of benzene rings is 1. The van der Waals surface area contributed by atoms with Gasteiger partial charge in [-0.3, -0.25) is 4.40 Å². The van der Waals surface area contributed by atoms with E-state index >= 15 is 0 Å². The third-order valence-electron chi connectivity index (χ3n) is 4.35. The van der Waals surface area contributed by atoms with Crippen LogP contribution in [0.15, 0.2) is 49.3 Å². The maximum Gasteiger partial charge on any atom is 0.146 e. The fraction of sp³-hybridized carbons (Fsp3) is 0.211. The molecule has 4 rings (SSSR count). The Morgan fingerprint density at radius 1 is 1.00 bits per heavy atom. The number of halogens is 2. The lowest BCUT2D eigenvalue weighted by atomic mass is 10.1. The van der Waals surface area contributed by atoms with Crippen molar-refractivity contribution < 1.29 is 8.78 Å². The minimum absolute atomic E-state index is 0.128. The number of hydrogen-bond donors (Lipinski definition) is 0. The molecule has 0 radical (unpaired) electrons. The molecular weight excluding hydrogens is 336 g/mol. The molecule has 0 aliphatic carbocycles. The Morgan fingerprint density at radius 3 is 2.54 bits per heavy atom. The zero-order chi connectivity index (χ0) is 18.1. The van der Waals surface area contributed by atoms with E-state index in [4.69, 9.17) is 0 Å². The molecule has 7 heteroatoms. The smallest absolute Gasteiger partial charge is 0.146 e. The lowest BCUT2D eigenvalue weighted by Crippen LogP contribution is -2.09. The summed E-state index contributed by atoms with van der Waals surface area (Å²) in [5.74, 6) is -1.03. The molecular formula is C19H17F2N5. The summed E-state index contributed by atoms with van der Waals surface area (Å²) in [5, 5.41) is 0. The standard InChI is InChI=1S/C19H17F2N5/c1-2-4-13-16(24-12-26-10-8-22-18(13)26)11-25-9-7-23-19(25)17-14(20)5-3-6-15(17)21/h3,5-10,12H,2,4,11H2,1H3. The van der Waals surface area contributed by atoms with Crippen molar-refractivity contribution in [1.29, 1.82) is 0 Å². The fourth-order valence-corrected chi connectivity index (χ4v) is 3.16. The monoisotopic (exact) mass is 353 g/mol. The van der Waals surface area contributed by atoms with Crippen LogP contribution in [0.5, 0.6) is 0 Å². The number of aromatic nitrogens is 5. The van der Waals surface area contributed by atoms with Crippen LogP contribution in [0.2, 0.25) is 0 Å². The zero-order valence-electron chi connectivity index (χ0n) is 14.2. The third kappa shape index (κ3) is 2.75. The van der Waals surface area contributed by atoms with Crippen LogP contribution in [0.3, 0.4) is 0 Å². The Bertz CT molecular complexity index is 1050. The molecule has 0 amide bonds. The van der Waals surface area contributed by atoms with Gasteiger partial charge in [0.15, 0.2) is 0 Å². The van der Waals surface area contributed by atoms with Gasteiger partial charge in [0.2, 0.25) is 0 Å². The van der Waals surface area contributed by atoms with Crippen molar-refractivity contribution in [1.82, 2.24) is 23.9 Å². The van der Waals surface area contributed by atoms with Gasteiger partial charge in [-0.05, 0) is 18.6 Å². The first-order valence-electron chi connectivity index (χ1n) is 8.44. The second-order valence-electron chi connectivity index (χ2n) is 6.05. The number of imidazole rings is 2. The maximum atomic E-state index is 14.2. The number of fused-ring (bicyclic) bond motifs is 1. The molecule has 132 valence electrons. The molecule has 5 nitrogen and oxygen atoms in total. The van der Waals surface area contributed by atoms with Crippen molar-refractivity contribution in [3.05, 3.63) is 72.2 Å². The summed E-state index contributed by atoms with van der Waals surface area (Å²) >= 11 is 0. The molecule has 0 N–H and O–H groups in total. The second-order valence-corrected chi connectivity index (χ2v) is 6.05. The van der Waals surface area contributed by atoms with E-state index < -0.39 is 11.6 Å². The van der Waals surface area contributed by atoms with Gasteiger partial charge in [-0.1, -0.05) is 19.4 Å². The zero-order valence-corrected chi connectivity index (χ0v) is 14.2. The average Bonchev–Trinajstić information content (AvgIpc) is 3.27. The van der Waals surface area contributed by atoms with E-state index in [-0.39, 0.29) is 11.4 Å². The first-order chi connectivity index (χ1) is 12.7. The fourth-order valence-electron chi connectivity index (χ4n) is 3.16. The molecule has 0 atom stereocenters. The molecule has 1 aromatic carbocycles. The van der Waals surface area contributed by atoms with Crippen LogP contribution >= 0.6 is 0 Å². The predicted octanol–water partition coefficient (Wildman–Crippen LogP) is 3.87. The Labute approximate surface area is 149 Å². The van der Waals surface area contributed by atoms with Gasteiger partial charge in [0.25, 0.3) is 0 Å². The van der Waals surface area contributed by atoms with E-state index in [0.29, 0.717) is 6.54 Å². The van der Waals surface area contributed by atoms with Crippen molar-refractivity contribution in [3.8, 4) is 11.4 Å². The molecule has 0 bridgehead atoms. The summed E-state index contributed by atoms with van der Waals surface area (Å²) in [6.07, 6.45) is 10.3. The van der Waals surface area contributed by atoms with E-state index in [1.54, 1.807) is 23.3 Å². The van der Waals surface area contributed by atoms with Crippen LogP contribution in [0.4, 0.5) is 8.78 Å². The number of nitrogens with zero attached hydrogens (tertiary/aromatic N) is 5. The summed E-state index contributed by atoms with van der Waals surface area (Å²) in [4.78, 5) is 13.1. The largest absolute Gasteiger partial charge is 0.325 e. The van der Waals surface area contributed by atoms with Crippen molar-refractivity contribution >= 4 is 5.65 Å². The molecule has 26 heavy (non-hydrogen) atoms. The number of aryl methyl sites for hydroxylation is 1. The van der Waals surface area contributed by atoms with Crippen LogP contribution in [0, 0.1) is 11.6 Å². The number of rotatable bonds is 5. The first-order valence-corrected chi connectivity index (χ1v) is 8.44. The van der Waals surface area contributed by atoms with Gasteiger partial charge in [0, 0.05) is 30.4 Å². The minimum atomic E-state index is -0.636. The first kappa shape index (κ1) is 16.4. The van der Waals surface area contributed by atoms with Gasteiger partial charge in [0.05, 0.1) is 17.8 Å². The van der Waals surface area contributed by atoms with Crippen LogP contribution in [-0.4, -0.2) is 23.9 Å². The molecule has 0 unspecified atom stereocenters. The van der Waals surface area contributed by atoms with Gasteiger partial charge in [-0.15, -0.1) is 0 Å². The van der Waals surface area contributed by atoms with E-state index in [0.717, 1.165) is 29.7 Å². The highest BCUT2D eigenvalue weighted by Crippen LogP contribution is 2.26. The average molecular weight is 353 g/mol. The Balaban J connectivity index is 1.79. The predicted molar refractivity (Wildman–Crippen MR) is 93.7 cm³/mol. The molecule has 0 aliphatic heterocycles. The minimum Gasteiger partial charge on any atom is -0.325 e. The molecule has 0 saturated heterocycles. The van der Waals surface area contributed by atoms with E-state index in [2.05, 4.69) is 21.9 Å². The van der Waals surface area contributed by atoms with Gasteiger partial charge in [-0.25, -0.2) is 23.7 Å².